The summed E-state index contributed by atoms with van der Waals surface area (Å²) in [4.78, 5) is 17.7. The lowest BCUT2D eigenvalue weighted by molar-refractivity contribution is 0.177. The molecular formula is C17H12Cl2F3N3O. The largest absolute Gasteiger partial charge is 0.322 e. The summed E-state index contributed by atoms with van der Waals surface area (Å²) >= 11 is 11.6. The molecule has 2 bridgehead atoms. The summed E-state index contributed by atoms with van der Waals surface area (Å²) in [5.41, 5.74) is 0.648. The fourth-order valence-electron chi connectivity index (χ4n) is 3.74. The molecule has 136 valence electrons. The standard InChI is InChI=1S/C17H12Cl2F3N3O/c18-10-4-12(20)13(5-11(10)19)24-17(26)25-7-1-2-14(25)9-6-23-16(22)15(21)8(9)3-7/h4-7,14H,1-3H2,(H,24,26). The SMILES string of the molecule is O=C(Nc1cc(Cl)c(Cl)cc1F)N1C2CCC1c1cnc(F)c(F)c1C2. The third-order valence-electron chi connectivity index (χ3n) is 4.90. The molecule has 3 heterocycles. The normalized spacial score (nSPS) is 20.9. The van der Waals surface area contributed by atoms with Crippen LogP contribution in [0, 0.1) is 17.6 Å². The number of hydrogen-bond acceptors (Lipinski definition) is 2. The zero-order valence-electron chi connectivity index (χ0n) is 13.2. The summed E-state index contributed by atoms with van der Waals surface area (Å²) in [5, 5.41) is 2.63. The van der Waals surface area contributed by atoms with Crippen LogP contribution in [0.2, 0.25) is 10.0 Å². The van der Waals surface area contributed by atoms with E-state index >= 15 is 0 Å². The molecule has 2 aromatic rings. The molecule has 1 N–H and O–H groups in total. The molecule has 4 nitrogen and oxygen atoms in total. The average Bonchev–Trinajstić information content (AvgIpc) is 2.91. The van der Waals surface area contributed by atoms with Crippen LogP contribution in [0.25, 0.3) is 0 Å². The molecule has 9 heteroatoms. The highest BCUT2D eigenvalue weighted by molar-refractivity contribution is 6.42. The van der Waals surface area contributed by atoms with Gasteiger partial charge in [-0.15, -0.1) is 0 Å². The van der Waals surface area contributed by atoms with Crippen molar-refractivity contribution >= 4 is 34.9 Å². The number of anilines is 1. The maximum atomic E-state index is 14.0. The highest BCUT2D eigenvalue weighted by Crippen LogP contribution is 2.44. The molecule has 1 aromatic carbocycles. The smallest absolute Gasteiger partial charge is 0.314 e. The Kier molecular flexibility index (Phi) is 4.23. The molecule has 2 aliphatic heterocycles. The van der Waals surface area contributed by atoms with E-state index in [1.165, 1.54) is 17.2 Å². The first-order valence-electron chi connectivity index (χ1n) is 7.93. The Hall–Kier alpha value is -1.99. The number of urea groups is 1. The fraction of sp³-hybridized carbons (Fsp3) is 0.294. The molecule has 1 aromatic heterocycles. The molecule has 0 spiro atoms. The number of fused-ring (bicyclic) bond motifs is 4. The number of aromatic nitrogens is 1. The van der Waals surface area contributed by atoms with Crippen LogP contribution in [0.1, 0.15) is 30.0 Å². The quantitative estimate of drug-likeness (QED) is 0.533. The number of rotatable bonds is 1. The molecule has 0 saturated carbocycles. The third kappa shape index (κ3) is 2.70. The number of carbonyl (C=O) groups excluding carboxylic acids is 1. The van der Waals surface area contributed by atoms with Crippen molar-refractivity contribution < 1.29 is 18.0 Å². The van der Waals surface area contributed by atoms with E-state index in [2.05, 4.69) is 10.3 Å². The molecule has 2 amide bonds. The van der Waals surface area contributed by atoms with Gasteiger partial charge in [-0.05, 0) is 37.0 Å². The molecule has 0 aliphatic carbocycles. The van der Waals surface area contributed by atoms with E-state index in [1.807, 2.05) is 0 Å². The van der Waals surface area contributed by atoms with Crippen molar-refractivity contribution in [3.8, 4) is 0 Å². The maximum Gasteiger partial charge on any atom is 0.322 e. The van der Waals surface area contributed by atoms with Gasteiger partial charge in [0.25, 0.3) is 0 Å². The van der Waals surface area contributed by atoms with E-state index in [-0.39, 0.29) is 33.8 Å². The molecule has 4 rings (SSSR count). The van der Waals surface area contributed by atoms with Crippen LogP contribution in [0.4, 0.5) is 23.7 Å². The zero-order valence-corrected chi connectivity index (χ0v) is 14.7. The van der Waals surface area contributed by atoms with Gasteiger partial charge in [-0.25, -0.2) is 18.6 Å². The molecule has 2 unspecified atom stereocenters. The number of benzene rings is 1. The minimum absolute atomic E-state index is 0.0395. The highest BCUT2D eigenvalue weighted by atomic mass is 35.5. The Morgan fingerprint density at radius 3 is 2.69 bits per heavy atom. The summed E-state index contributed by atoms with van der Waals surface area (Å²) in [6.07, 6.45) is 2.69. The minimum atomic E-state index is -1.14. The van der Waals surface area contributed by atoms with Crippen molar-refractivity contribution in [1.82, 2.24) is 9.88 Å². The second-order valence-electron chi connectivity index (χ2n) is 6.33. The third-order valence-corrected chi connectivity index (χ3v) is 5.62. The summed E-state index contributed by atoms with van der Waals surface area (Å²) < 4.78 is 41.5. The van der Waals surface area contributed by atoms with Crippen molar-refractivity contribution in [3.63, 3.8) is 0 Å². The Morgan fingerprint density at radius 2 is 1.92 bits per heavy atom. The second-order valence-corrected chi connectivity index (χ2v) is 7.15. The molecule has 1 saturated heterocycles. The number of nitrogens with zero attached hydrogens (tertiary/aromatic N) is 2. The van der Waals surface area contributed by atoms with Crippen LogP contribution >= 0.6 is 23.2 Å². The summed E-state index contributed by atoms with van der Waals surface area (Å²) in [6.45, 7) is 0. The summed E-state index contributed by atoms with van der Waals surface area (Å²) in [6, 6.07) is 0.979. The fourth-order valence-corrected chi connectivity index (χ4v) is 4.05. The lowest BCUT2D eigenvalue weighted by Gasteiger charge is -2.36. The Morgan fingerprint density at radius 1 is 1.19 bits per heavy atom. The van der Waals surface area contributed by atoms with Gasteiger partial charge in [-0.3, -0.25) is 0 Å². The Balaban J connectivity index is 1.64. The van der Waals surface area contributed by atoms with Gasteiger partial charge in [0.05, 0.1) is 21.8 Å². The van der Waals surface area contributed by atoms with Gasteiger partial charge in [-0.2, -0.15) is 4.39 Å². The molecule has 2 aliphatic rings. The van der Waals surface area contributed by atoms with E-state index in [4.69, 9.17) is 23.2 Å². The van der Waals surface area contributed by atoms with E-state index in [9.17, 15) is 18.0 Å². The van der Waals surface area contributed by atoms with Gasteiger partial charge in [0.2, 0.25) is 5.95 Å². The number of hydrogen-bond donors (Lipinski definition) is 1. The van der Waals surface area contributed by atoms with Crippen molar-refractivity contribution in [2.75, 3.05) is 5.32 Å². The monoisotopic (exact) mass is 401 g/mol. The van der Waals surface area contributed by atoms with Gasteiger partial charge in [-0.1, -0.05) is 23.2 Å². The summed E-state index contributed by atoms with van der Waals surface area (Å²) in [7, 11) is 0. The topological polar surface area (TPSA) is 45.2 Å². The first-order chi connectivity index (χ1) is 12.4. The van der Waals surface area contributed by atoms with E-state index in [1.54, 1.807) is 0 Å². The van der Waals surface area contributed by atoms with Gasteiger partial charge >= 0.3 is 6.03 Å². The lowest BCUT2D eigenvalue weighted by Crippen LogP contribution is -2.44. The lowest BCUT2D eigenvalue weighted by atomic mass is 9.95. The van der Waals surface area contributed by atoms with Crippen LogP contribution in [-0.2, 0) is 6.42 Å². The number of carbonyl (C=O) groups is 1. The molecule has 1 fully saturated rings. The zero-order chi connectivity index (χ0) is 18.6. The van der Waals surface area contributed by atoms with Crippen LogP contribution in [-0.4, -0.2) is 22.0 Å². The van der Waals surface area contributed by atoms with Gasteiger partial charge in [0, 0.05) is 17.8 Å². The average molecular weight is 402 g/mol. The molecule has 2 atom stereocenters. The number of pyridine rings is 1. The van der Waals surface area contributed by atoms with Crippen molar-refractivity contribution in [2.45, 2.75) is 31.3 Å². The Labute approximate surface area is 156 Å². The van der Waals surface area contributed by atoms with E-state index < -0.39 is 29.7 Å². The minimum Gasteiger partial charge on any atom is -0.314 e. The second kappa shape index (κ2) is 6.32. The first kappa shape index (κ1) is 17.4. The first-order valence-corrected chi connectivity index (χ1v) is 8.69. The van der Waals surface area contributed by atoms with Crippen LogP contribution in [0.5, 0.6) is 0 Å². The van der Waals surface area contributed by atoms with Crippen molar-refractivity contribution in [2.24, 2.45) is 0 Å². The van der Waals surface area contributed by atoms with E-state index in [0.717, 1.165) is 6.07 Å². The molecule has 26 heavy (non-hydrogen) atoms. The van der Waals surface area contributed by atoms with Crippen molar-refractivity contribution in [1.29, 1.82) is 0 Å². The molecule has 0 radical (unpaired) electrons. The van der Waals surface area contributed by atoms with Crippen LogP contribution < -0.4 is 5.32 Å². The maximum absolute atomic E-state index is 14.0. The highest BCUT2D eigenvalue weighted by Gasteiger charge is 2.44. The van der Waals surface area contributed by atoms with Gasteiger partial charge in [0.15, 0.2) is 5.82 Å². The van der Waals surface area contributed by atoms with Crippen LogP contribution in [0.15, 0.2) is 18.3 Å². The van der Waals surface area contributed by atoms with Gasteiger partial charge in [0.1, 0.15) is 5.82 Å². The molecular weight excluding hydrogens is 390 g/mol. The summed E-state index contributed by atoms with van der Waals surface area (Å²) in [5.74, 6) is -2.82. The Bertz CT molecular complexity index is 925. The van der Waals surface area contributed by atoms with Crippen molar-refractivity contribution in [3.05, 3.63) is 57.1 Å². The number of halogens is 5. The number of nitrogens with one attached hydrogen (secondary N) is 1. The van der Waals surface area contributed by atoms with Crippen LogP contribution in [0.3, 0.4) is 0 Å². The predicted molar refractivity (Wildman–Crippen MR) is 90.9 cm³/mol. The predicted octanol–water partition coefficient (Wildman–Crippen LogP) is 5.10. The number of amides is 2. The van der Waals surface area contributed by atoms with E-state index in [0.29, 0.717) is 18.4 Å². The van der Waals surface area contributed by atoms with Gasteiger partial charge < -0.3 is 10.2 Å².